The topological polar surface area (TPSA) is 29.5 Å². The number of nitrogens with zero attached hydrogens (tertiary/aromatic N) is 1. The van der Waals surface area contributed by atoms with Crippen LogP contribution in [0.2, 0.25) is 5.02 Å². The summed E-state index contributed by atoms with van der Waals surface area (Å²) in [6.07, 6.45) is 1.82. The van der Waals surface area contributed by atoms with Crippen LogP contribution in [0.1, 0.15) is 40.2 Å². The molecule has 1 atom stereocenters. The van der Waals surface area contributed by atoms with Crippen molar-refractivity contribution in [3.05, 3.63) is 50.7 Å². The first-order chi connectivity index (χ1) is 10.7. The molecule has 1 aliphatic heterocycles. The predicted octanol–water partition coefficient (Wildman–Crippen LogP) is 4.56. The highest BCUT2D eigenvalue weighted by atomic mass is 35.5. The summed E-state index contributed by atoms with van der Waals surface area (Å²) in [5, 5.41) is 2.66. The van der Waals surface area contributed by atoms with E-state index in [0.29, 0.717) is 16.3 Å². The van der Waals surface area contributed by atoms with Crippen LogP contribution in [0.5, 0.6) is 5.75 Å². The van der Waals surface area contributed by atoms with Gasteiger partial charge in [-0.15, -0.1) is 11.3 Å². The first-order valence-electron chi connectivity index (χ1n) is 7.36. The summed E-state index contributed by atoms with van der Waals surface area (Å²) in [7, 11) is 1.57. The Kier molecular flexibility index (Phi) is 4.41. The molecule has 0 fully saturated rings. The lowest BCUT2D eigenvalue weighted by atomic mass is 9.96. The van der Waals surface area contributed by atoms with E-state index in [2.05, 4.69) is 18.4 Å². The fourth-order valence-corrected chi connectivity index (χ4v) is 4.18. The minimum Gasteiger partial charge on any atom is -0.496 e. The predicted molar refractivity (Wildman–Crippen MR) is 90.1 cm³/mol. The molecule has 3 nitrogen and oxygen atoms in total. The summed E-state index contributed by atoms with van der Waals surface area (Å²) < 4.78 is 5.33. The number of hydrogen-bond donors (Lipinski definition) is 0. The van der Waals surface area contributed by atoms with Crippen LogP contribution in [0.15, 0.2) is 29.6 Å². The van der Waals surface area contributed by atoms with Gasteiger partial charge in [-0.2, -0.15) is 0 Å². The number of thiophene rings is 1. The molecular formula is C17H18ClNO2S. The molecule has 1 aliphatic rings. The van der Waals surface area contributed by atoms with Gasteiger partial charge in [-0.05, 0) is 48.1 Å². The third-order valence-corrected chi connectivity index (χ3v) is 5.37. The van der Waals surface area contributed by atoms with Crippen LogP contribution in [0.25, 0.3) is 0 Å². The summed E-state index contributed by atoms with van der Waals surface area (Å²) in [5.41, 5.74) is 1.82. The molecule has 0 spiro atoms. The van der Waals surface area contributed by atoms with Crippen molar-refractivity contribution in [1.29, 1.82) is 0 Å². The van der Waals surface area contributed by atoms with E-state index in [1.54, 1.807) is 36.6 Å². The third-order valence-electron chi connectivity index (χ3n) is 4.13. The normalized spacial score (nSPS) is 17.2. The standard InChI is InChI=1S/C17H18ClNO2S/c1-3-14-12-7-9-22-16(12)6-8-19(14)17(20)13-10-11(18)4-5-15(13)21-2/h4-5,7,9-10,14H,3,6,8H2,1-2H3. The van der Waals surface area contributed by atoms with Gasteiger partial charge in [-0.3, -0.25) is 4.79 Å². The van der Waals surface area contributed by atoms with Crippen molar-refractivity contribution in [3.63, 3.8) is 0 Å². The van der Waals surface area contributed by atoms with Gasteiger partial charge < -0.3 is 9.64 Å². The molecule has 0 saturated heterocycles. The van der Waals surface area contributed by atoms with Gasteiger partial charge >= 0.3 is 0 Å². The largest absolute Gasteiger partial charge is 0.496 e. The van der Waals surface area contributed by atoms with Gasteiger partial charge in [0.25, 0.3) is 5.91 Å². The quantitative estimate of drug-likeness (QED) is 0.823. The number of fused-ring (bicyclic) bond motifs is 1. The van der Waals surface area contributed by atoms with Crippen LogP contribution >= 0.6 is 22.9 Å². The van der Waals surface area contributed by atoms with E-state index in [0.717, 1.165) is 19.4 Å². The lowest BCUT2D eigenvalue weighted by molar-refractivity contribution is 0.0654. The maximum absolute atomic E-state index is 13.0. The van der Waals surface area contributed by atoms with Crippen LogP contribution < -0.4 is 4.74 Å². The number of amides is 1. The fraction of sp³-hybridized carbons (Fsp3) is 0.353. The average Bonchev–Trinajstić information content (AvgIpc) is 3.01. The number of ether oxygens (including phenoxy) is 1. The molecule has 5 heteroatoms. The molecule has 1 unspecified atom stereocenters. The molecular weight excluding hydrogens is 318 g/mol. The van der Waals surface area contributed by atoms with Gasteiger partial charge in [-0.25, -0.2) is 0 Å². The first kappa shape index (κ1) is 15.4. The van der Waals surface area contributed by atoms with E-state index in [-0.39, 0.29) is 11.9 Å². The molecule has 1 amide bonds. The van der Waals surface area contributed by atoms with Gasteiger partial charge in [0.1, 0.15) is 5.75 Å². The lowest BCUT2D eigenvalue weighted by Gasteiger charge is -2.35. The van der Waals surface area contributed by atoms with E-state index in [1.165, 1.54) is 10.4 Å². The Morgan fingerprint density at radius 2 is 2.27 bits per heavy atom. The monoisotopic (exact) mass is 335 g/mol. The van der Waals surface area contributed by atoms with Gasteiger partial charge in [0, 0.05) is 16.4 Å². The van der Waals surface area contributed by atoms with Crippen molar-refractivity contribution in [2.75, 3.05) is 13.7 Å². The zero-order valence-electron chi connectivity index (χ0n) is 12.6. The molecule has 0 bridgehead atoms. The third kappa shape index (κ3) is 2.61. The summed E-state index contributed by atoms with van der Waals surface area (Å²) in [5.74, 6) is 0.559. The number of carbonyl (C=O) groups excluding carboxylic acids is 1. The summed E-state index contributed by atoms with van der Waals surface area (Å²) in [6.45, 7) is 2.85. The lowest BCUT2D eigenvalue weighted by Crippen LogP contribution is -2.39. The Labute approximate surface area is 139 Å². The molecule has 0 saturated carbocycles. The van der Waals surface area contributed by atoms with Crippen LogP contribution in [0.4, 0.5) is 0 Å². The molecule has 0 radical (unpaired) electrons. The highest BCUT2D eigenvalue weighted by Crippen LogP contribution is 2.37. The number of halogens is 1. The van der Waals surface area contributed by atoms with E-state index >= 15 is 0 Å². The Morgan fingerprint density at radius 3 is 3.00 bits per heavy atom. The molecule has 3 rings (SSSR count). The van der Waals surface area contributed by atoms with Gasteiger partial charge in [0.15, 0.2) is 0 Å². The second kappa shape index (κ2) is 6.31. The number of carbonyl (C=O) groups is 1. The van der Waals surface area contributed by atoms with Crippen molar-refractivity contribution in [2.24, 2.45) is 0 Å². The average molecular weight is 336 g/mol. The molecule has 2 heterocycles. The zero-order valence-corrected chi connectivity index (χ0v) is 14.2. The van der Waals surface area contributed by atoms with Crippen molar-refractivity contribution >= 4 is 28.8 Å². The number of benzene rings is 1. The van der Waals surface area contributed by atoms with Gasteiger partial charge in [0.05, 0.1) is 18.7 Å². The smallest absolute Gasteiger partial charge is 0.258 e. The van der Waals surface area contributed by atoms with Crippen LogP contribution in [0, 0.1) is 0 Å². The summed E-state index contributed by atoms with van der Waals surface area (Å²) in [4.78, 5) is 16.4. The number of rotatable bonds is 3. The Hall–Kier alpha value is -1.52. The van der Waals surface area contributed by atoms with Crippen molar-refractivity contribution in [2.45, 2.75) is 25.8 Å². The second-order valence-electron chi connectivity index (χ2n) is 5.32. The van der Waals surface area contributed by atoms with Crippen LogP contribution in [-0.2, 0) is 6.42 Å². The minimum atomic E-state index is -0.0111. The Bertz CT molecular complexity index is 698. The van der Waals surface area contributed by atoms with E-state index in [9.17, 15) is 4.79 Å². The maximum atomic E-state index is 13.0. The molecule has 116 valence electrons. The minimum absolute atomic E-state index is 0.0111. The highest BCUT2D eigenvalue weighted by Gasteiger charge is 2.32. The van der Waals surface area contributed by atoms with E-state index < -0.39 is 0 Å². The molecule has 2 aromatic rings. The molecule has 0 N–H and O–H groups in total. The highest BCUT2D eigenvalue weighted by molar-refractivity contribution is 7.10. The van der Waals surface area contributed by atoms with Crippen molar-refractivity contribution < 1.29 is 9.53 Å². The molecule has 0 aliphatic carbocycles. The zero-order chi connectivity index (χ0) is 15.7. The van der Waals surface area contributed by atoms with Crippen LogP contribution in [0.3, 0.4) is 0 Å². The van der Waals surface area contributed by atoms with Crippen LogP contribution in [-0.4, -0.2) is 24.5 Å². The van der Waals surface area contributed by atoms with E-state index in [4.69, 9.17) is 16.3 Å². The van der Waals surface area contributed by atoms with Gasteiger partial charge in [0.2, 0.25) is 0 Å². The molecule has 1 aromatic carbocycles. The number of hydrogen-bond acceptors (Lipinski definition) is 3. The van der Waals surface area contributed by atoms with Gasteiger partial charge in [-0.1, -0.05) is 18.5 Å². The fourth-order valence-electron chi connectivity index (χ4n) is 3.08. The summed E-state index contributed by atoms with van der Waals surface area (Å²) >= 11 is 7.85. The first-order valence-corrected chi connectivity index (χ1v) is 8.62. The van der Waals surface area contributed by atoms with Crippen molar-refractivity contribution in [1.82, 2.24) is 4.90 Å². The molecule has 22 heavy (non-hydrogen) atoms. The number of methoxy groups -OCH3 is 1. The maximum Gasteiger partial charge on any atom is 0.258 e. The molecule has 1 aromatic heterocycles. The van der Waals surface area contributed by atoms with E-state index in [1.807, 2.05) is 4.90 Å². The SMILES string of the molecule is CCC1c2ccsc2CCN1C(=O)c1cc(Cl)ccc1OC. The Morgan fingerprint density at radius 1 is 1.45 bits per heavy atom. The van der Waals surface area contributed by atoms with Crippen molar-refractivity contribution in [3.8, 4) is 5.75 Å². The summed E-state index contributed by atoms with van der Waals surface area (Å²) in [6, 6.07) is 7.45. The Balaban J connectivity index is 1.97. The second-order valence-corrected chi connectivity index (χ2v) is 6.75.